The third-order valence-corrected chi connectivity index (χ3v) is 4.31. The van der Waals surface area contributed by atoms with Gasteiger partial charge in [-0.05, 0) is 49.9 Å². The van der Waals surface area contributed by atoms with Gasteiger partial charge in [-0.15, -0.1) is 5.10 Å². The Morgan fingerprint density at radius 1 is 1.04 bits per heavy atom. The summed E-state index contributed by atoms with van der Waals surface area (Å²) < 4.78 is 1.80. The van der Waals surface area contributed by atoms with Crippen molar-refractivity contribution in [2.75, 3.05) is 10.6 Å². The number of pyridine rings is 2. The van der Waals surface area contributed by atoms with Crippen LogP contribution < -0.4 is 10.6 Å². The van der Waals surface area contributed by atoms with E-state index >= 15 is 0 Å². The Morgan fingerprint density at radius 2 is 1.92 bits per heavy atom. The molecule has 3 aromatic rings. The van der Waals surface area contributed by atoms with E-state index in [0.29, 0.717) is 17.8 Å². The van der Waals surface area contributed by atoms with Gasteiger partial charge in [0.1, 0.15) is 11.6 Å². The molecule has 124 valence electrons. The largest absolute Gasteiger partial charge is 0.393 e. The van der Waals surface area contributed by atoms with Crippen LogP contribution in [0.15, 0.2) is 42.6 Å². The molecule has 0 radical (unpaired) electrons. The zero-order chi connectivity index (χ0) is 16.4. The number of aliphatic hydroxyl groups excluding tert-OH is 1. The highest BCUT2D eigenvalue weighted by Gasteiger charge is 2.20. The average molecular weight is 324 g/mol. The first-order valence-electron chi connectivity index (χ1n) is 8.26. The van der Waals surface area contributed by atoms with Gasteiger partial charge in [-0.3, -0.25) is 0 Å². The highest BCUT2D eigenvalue weighted by Crippen LogP contribution is 2.23. The fourth-order valence-electron chi connectivity index (χ4n) is 3.05. The van der Waals surface area contributed by atoms with Crippen molar-refractivity contribution in [3.05, 3.63) is 42.6 Å². The van der Waals surface area contributed by atoms with Gasteiger partial charge in [0, 0.05) is 12.2 Å². The standard InChI is InChI=1S/C17H20N6O/c24-13-9-7-12(8-10-13)19-15-5-3-6-16-21-17(22-23(15)16)20-14-4-1-2-11-18-14/h1-6,11-13,19,24H,7-10H2,(H,18,20,22)/t12-,13+. The second-order valence-corrected chi connectivity index (χ2v) is 6.11. The molecule has 7 heteroatoms. The van der Waals surface area contributed by atoms with Crippen molar-refractivity contribution in [3.8, 4) is 0 Å². The molecule has 0 atom stereocenters. The molecule has 0 amide bonds. The van der Waals surface area contributed by atoms with Crippen LogP contribution in [0.4, 0.5) is 17.6 Å². The van der Waals surface area contributed by atoms with Gasteiger partial charge in [0.15, 0.2) is 5.65 Å². The summed E-state index contributed by atoms with van der Waals surface area (Å²) in [5.74, 6) is 2.14. The van der Waals surface area contributed by atoms with Crippen molar-refractivity contribution in [1.29, 1.82) is 0 Å². The zero-order valence-corrected chi connectivity index (χ0v) is 13.3. The van der Waals surface area contributed by atoms with Crippen molar-refractivity contribution < 1.29 is 5.11 Å². The summed E-state index contributed by atoms with van der Waals surface area (Å²) >= 11 is 0. The number of rotatable bonds is 4. The molecule has 3 N–H and O–H groups in total. The predicted octanol–water partition coefficient (Wildman–Crippen LogP) is 2.58. The minimum absolute atomic E-state index is 0.153. The van der Waals surface area contributed by atoms with E-state index in [9.17, 15) is 5.11 Å². The van der Waals surface area contributed by atoms with Crippen LogP contribution in [0.25, 0.3) is 5.65 Å². The van der Waals surface area contributed by atoms with Crippen LogP contribution in [0, 0.1) is 0 Å². The first kappa shape index (κ1) is 14.9. The quantitative estimate of drug-likeness (QED) is 0.684. The summed E-state index contributed by atoms with van der Waals surface area (Å²) in [6.45, 7) is 0. The Balaban J connectivity index is 1.56. The molecule has 0 aliphatic heterocycles. The molecular formula is C17H20N6O. The van der Waals surface area contributed by atoms with Crippen LogP contribution in [0.1, 0.15) is 25.7 Å². The van der Waals surface area contributed by atoms with E-state index in [4.69, 9.17) is 0 Å². The first-order chi connectivity index (χ1) is 11.8. The van der Waals surface area contributed by atoms with Gasteiger partial charge in [-0.25, -0.2) is 4.98 Å². The summed E-state index contributed by atoms with van der Waals surface area (Å²) in [6, 6.07) is 11.9. The fraction of sp³-hybridized carbons (Fsp3) is 0.353. The number of nitrogens with one attached hydrogen (secondary N) is 2. The number of nitrogens with zero attached hydrogens (tertiary/aromatic N) is 4. The minimum atomic E-state index is -0.153. The van der Waals surface area contributed by atoms with E-state index in [0.717, 1.165) is 37.1 Å². The SMILES string of the molecule is O[C@H]1CC[C@@H](Nc2cccc3nc(Nc4ccccn4)nn23)CC1. The molecule has 3 heterocycles. The molecule has 0 saturated heterocycles. The highest BCUT2D eigenvalue weighted by atomic mass is 16.3. The van der Waals surface area contributed by atoms with Gasteiger partial charge >= 0.3 is 0 Å². The molecule has 1 aliphatic rings. The minimum Gasteiger partial charge on any atom is -0.393 e. The van der Waals surface area contributed by atoms with Crippen molar-refractivity contribution in [3.63, 3.8) is 0 Å². The predicted molar refractivity (Wildman–Crippen MR) is 92.4 cm³/mol. The van der Waals surface area contributed by atoms with Crippen LogP contribution in [0.3, 0.4) is 0 Å². The van der Waals surface area contributed by atoms with E-state index in [1.54, 1.807) is 10.7 Å². The third kappa shape index (κ3) is 3.16. The highest BCUT2D eigenvalue weighted by molar-refractivity contribution is 5.55. The van der Waals surface area contributed by atoms with Crippen LogP contribution >= 0.6 is 0 Å². The lowest BCUT2D eigenvalue weighted by molar-refractivity contribution is 0.126. The monoisotopic (exact) mass is 324 g/mol. The molecule has 0 unspecified atom stereocenters. The van der Waals surface area contributed by atoms with Gasteiger partial charge < -0.3 is 15.7 Å². The van der Waals surface area contributed by atoms with Crippen molar-refractivity contribution in [2.45, 2.75) is 37.8 Å². The molecule has 3 aromatic heterocycles. The number of anilines is 3. The molecule has 1 aliphatic carbocycles. The normalized spacial score (nSPS) is 20.9. The average Bonchev–Trinajstić information content (AvgIpc) is 3.01. The van der Waals surface area contributed by atoms with Crippen molar-refractivity contribution in [2.24, 2.45) is 0 Å². The molecule has 0 bridgehead atoms. The molecule has 0 spiro atoms. The fourth-order valence-corrected chi connectivity index (χ4v) is 3.05. The lowest BCUT2D eigenvalue weighted by atomic mass is 9.93. The smallest absolute Gasteiger partial charge is 0.248 e. The van der Waals surface area contributed by atoms with Crippen LogP contribution in [-0.2, 0) is 0 Å². The summed E-state index contributed by atoms with van der Waals surface area (Å²) in [7, 11) is 0. The Labute approximate surface area is 139 Å². The molecule has 1 saturated carbocycles. The molecule has 4 rings (SSSR count). The maximum Gasteiger partial charge on any atom is 0.248 e. The summed E-state index contributed by atoms with van der Waals surface area (Å²) in [4.78, 5) is 8.72. The number of fused-ring (bicyclic) bond motifs is 1. The lowest BCUT2D eigenvalue weighted by Gasteiger charge is -2.26. The van der Waals surface area contributed by atoms with E-state index < -0.39 is 0 Å². The maximum atomic E-state index is 9.64. The van der Waals surface area contributed by atoms with Crippen molar-refractivity contribution >= 4 is 23.2 Å². The topological polar surface area (TPSA) is 87.4 Å². The summed E-state index contributed by atoms with van der Waals surface area (Å²) in [5, 5.41) is 20.8. The first-order valence-corrected chi connectivity index (χ1v) is 8.26. The molecular weight excluding hydrogens is 304 g/mol. The lowest BCUT2D eigenvalue weighted by Crippen LogP contribution is -2.29. The number of hydrogen-bond acceptors (Lipinski definition) is 6. The molecule has 7 nitrogen and oxygen atoms in total. The molecule has 24 heavy (non-hydrogen) atoms. The van der Waals surface area contributed by atoms with Gasteiger partial charge in [-0.1, -0.05) is 12.1 Å². The second kappa shape index (κ2) is 6.45. The van der Waals surface area contributed by atoms with E-state index in [1.807, 2.05) is 36.4 Å². The van der Waals surface area contributed by atoms with E-state index in [2.05, 4.69) is 25.7 Å². The Kier molecular flexibility index (Phi) is 4.00. The van der Waals surface area contributed by atoms with Crippen molar-refractivity contribution in [1.82, 2.24) is 19.6 Å². The number of aliphatic hydroxyl groups is 1. The number of hydrogen-bond donors (Lipinski definition) is 3. The maximum absolute atomic E-state index is 9.64. The Morgan fingerprint density at radius 3 is 2.71 bits per heavy atom. The molecule has 1 fully saturated rings. The van der Waals surface area contributed by atoms with Gasteiger partial charge in [0.2, 0.25) is 5.95 Å². The van der Waals surface area contributed by atoms with E-state index in [1.165, 1.54) is 0 Å². The summed E-state index contributed by atoms with van der Waals surface area (Å²) in [6.07, 6.45) is 5.19. The Hall–Kier alpha value is -2.67. The Bertz CT molecular complexity index is 810. The number of aromatic nitrogens is 4. The third-order valence-electron chi connectivity index (χ3n) is 4.31. The molecule has 0 aromatic carbocycles. The van der Waals surface area contributed by atoms with Gasteiger partial charge in [0.05, 0.1) is 6.10 Å². The van der Waals surface area contributed by atoms with Gasteiger partial charge in [-0.2, -0.15) is 9.50 Å². The van der Waals surface area contributed by atoms with Gasteiger partial charge in [0.25, 0.3) is 0 Å². The van der Waals surface area contributed by atoms with Crippen LogP contribution in [-0.4, -0.2) is 36.8 Å². The van der Waals surface area contributed by atoms with Crippen LogP contribution in [0.2, 0.25) is 0 Å². The second-order valence-electron chi connectivity index (χ2n) is 6.11. The summed E-state index contributed by atoms with van der Waals surface area (Å²) in [5.41, 5.74) is 0.772. The zero-order valence-electron chi connectivity index (χ0n) is 13.3. The van der Waals surface area contributed by atoms with E-state index in [-0.39, 0.29) is 6.10 Å². The van der Waals surface area contributed by atoms with Crippen LogP contribution in [0.5, 0.6) is 0 Å².